The van der Waals surface area contributed by atoms with Crippen molar-refractivity contribution in [1.29, 1.82) is 0 Å². The van der Waals surface area contributed by atoms with Gasteiger partial charge < -0.3 is 10.6 Å². The summed E-state index contributed by atoms with van der Waals surface area (Å²) in [5.41, 5.74) is 0.539. The summed E-state index contributed by atoms with van der Waals surface area (Å²) < 4.78 is 0. The largest absolute Gasteiger partial charge is 0.354 e. The van der Waals surface area contributed by atoms with Crippen molar-refractivity contribution in [3.05, 3.63) is 0 Å². The zero-order valence-corrected chi connectivity index (χ0v) is 12.6. The molecule has 0 aromatic heterocycles. The van der Waals surface area contributed by atoms with Crippen molar-refractivity contribution >= 4 is 5.91 Å². The van der Waals surface area contributed by atoms with Gasteiger partial charge >= 0.3 is 0 Å². The van der Waals surface area contributed by atoms with Crippen LogP contribution in [0.15, 0.2) is 0 Å². The minimum atomic E-state index is 0.0491. The number of hydrogen-bond acceptors (Lipinski definition) is 1. The molecule has 4 rings (SSSR count). The van der Waals surface area contributed by atoms with E-state index >= 15 is 0 Å². The number of carbonyl (C=O) groups excluding carboxylic acids is 1. The lowest BCUT2D eigenvalue weighted by molar-refractivity contribution is -0.719. The lowest BCUT2D eigenvalue weighted by Crippen LogP contribution is -2.98. The summed E-state index contributed by atoms with van der Waals surface area (Å²) in [5.74, 6) is 3.16. The molecule has 0 saturated heterocycles. The molecule has 108 valence electrons. The molecular weight excluding hydrogens is 236 g/mol. The third kappa shape index (κ3) is 2.31. The summed E-state index contributed by atoms with van der Waals surface area (Å²) in [6, 6.07) is 0.640. The highest BCUT2D eigenvalue weighted by atomic mass is 16.2. The van der Waals surface area contributed by atoms with Crippen molar-refractivity contribution in [3.63, 3.8) is 0 Å². The van der Waals surface area contributed by atoms with Crippen molar-refractivity contribution in [2.24, 2.45) is 23.2 Å². The van der Waals surface area contributed by atoms with Crippen LogP contribution >= 0.6 is 0 Å². The van der Waals surface area contributed by atoms with E-state index in [1.165, 1.54) is 38.5 Å². The first-order valence-electron chi connectivity index (χ1n) is 8.09. The maximum atomic E-state index is 11.7. The molecule has 1 amide bonds. The number of nitrogens with one attached hydrogen (secondary N) is 1. The maximum absolute atomic E-state index is 11.7. The lowest BCUT2D eigenvalue weighted by atomic mass is 9.48. The molecule has 0 aromatic rings. The summed E-state index contributed by atoms with van der Waals surface area (Å²) in [6.07, 6.45) is 8.77. The first-order chi connectivity index (χ1) is 9.02. The van der Waals surface area contributed by atoms with Crippen LogP contribution in [0.2, 0.25) is 0 Å². The van der Waals surface area contributed by atoms with E-state index in [-0.39, 0.29) is 11.9 Å². The molecule has 0 unspecified atom stereocenters. The topological polar surface area (TPSA) is 45.7 Å². The Morgan fingerprint density at radius 1 is 1.11 bits per heavy atom. The second kappa shape index (κ2) is 4.76. The fraction of sp³-hybridized carbons (Fsp3) is 0.938. The van der Waals surface area contributed by atoms with Crippen LogP contribution in [0.1, 0.15) is 52.4 Å². The molecule has 0 heterocycles. The van der Waals surface area contributed by atoms with E-state index in [0.29, 0.717) is 11.5 Å². The minimum absolute atomic E-state index is 0.0491. The second-order valence-electron chi connectivity index (χ2n) is 7.66. The van der Waals surface area contributed by atoms with Crippen LogP contribution < -0.4 is 10.6 Å². The zero-order chi connectivity index (χ0) is 13.6. The van der Waals surface area contributed by atoms with Gasteiger partial charge in [-0.2, -0.15) is 0 Å². The Kier molecular flexibility index (Phi) is 3.36. The molecule has 3 heteroatoms. The Bertz CT molecular complexity index is 330. The van der Waals surface area contributed by atoms with Gasteiger partial charge in [0.15, 0.2) is 6.04 Å². The van der Waals surface area contributed by atoms with Crippen LogP contribution in [-0.4, -0.2) is 25.0 Å². The van der Waals surface area contributed by atoms with Gasteiger partial charge in [0.1, 0.15) is 0 Å². The fourth-order valence-corrected chi connectivity index (χ4v) is 5.69. The highest BCUT2D eigenvalue weighted by molar-refractivity contribution is 5.79. The lowest BCUT2D eigenvalue weighted by Gasteiger charge is -2.58. The predicted molar refractivity (Wildman–Crippen MR) is 75.5 cm³/mol. The molecule has 4 bridgehead atoms. The van der Waals surface area contributed by atoms with E-state index in [0.717, 1.165) is 17.8 Å². The molecule has 4 aliphatic carbocycles. The standard InChI is InChI=1S/C16H28N2O/c1-10(15(19)17-3)18-11(2)16-7-12-4-13(8-16)6-14(5-12)9-16/h10-14,18H,4-9H2,1-3H3,(H,17,19)/p+1/t10-,11-,12?,13?,14?,16?/m0/s1. The Morgan fingerprint density at radius 3 is 2.00 bits per heavy atom. The van der Waals surface area contributed by atoms with Crippen LogP contribution in [0.4, 0.5) is 0 Å². The monoisotopic (exact) mass is 265 g/mol. The van der Waals surface area contributed by atoms with Gasteiger partial charge in [0, 0.05) is 12.5 Å². The second-order valence-corrected chi connectivity index (χ2v) is 7.66. The van der Waals surface area contributed by atoms with Crippen LogP contribution in [0, 0.1) is 23.2 Å². The molecule has 2 atom stereocenters. The number of rotatable bonds is 4. The third-order valence-electron chi connectivity index (χ3n) is 6.29. The van der Waals surface area contributed by atoms with Crippen LogP contribution in [0.3, 0.4) is 0 Å². The summed E-state index contributed by atoms with van der Waals surface area (Å²) in [5, 5.41) is 5.10. The van der Waals surface area contributed by atoms with Gasteiger partial charge in [0.05, 0.1) is 6.04 Å². The quantitative estimate of drug-likeness (QED) is 0.790. The van der Waals surface area contributed by atoms with Gasteiger partial charge in [0.2, 0.25) is 0 Å². The summed E-state index contributed by atoms with van der Waals surface area (Å²) in [4.78, 5) is 11.7. The highest BCUT2D eigenvalue weighted by Gasteiger charge is 2.54. The first-order valence-corrected chi connectivity index (χ1v) is 8.09. The Labute approximate surface area is 116 Å². The molecule has 19 heavy (non-hydrogen) atoms. The van der Waals surface area contributed by atoms with Gasteiger partial charge in [-0.15, -0.1) is 0 Å². The fourth-order valence-electron chi connectivity index (χ4n) is 5.69. The molecule has 4 saturated carbocycles. The molecule has 4 aliphatic rings. The maximum Gasteiger partial charge on any atom is 0.277 e. The highest BCUT2D eigenvalue weighted by Crippen LogP contribution is 2.60. The van der Waals surface area contributed by atoms with E-state index in [1.807, 2.05) is 6.92 Å². The van der Waals surface area contributed by atoms with Crippen molar-refractivity contribution < 1.29 is 10.1 Å². The van der Waals surface area contributed by atoms with Crippen molar-refractivity contribution in [1.82, 2.24) is 5.32 Å². The normalized spacial score (nSPS) is 43.0. The number of carbonyl (C=O) groups is 1. The van der Waals surface area contributed by atoms with E-state index in [2.05, 4.69) is 17.6 Å². The van der Waals surface area contributed by atoms with Crippen molar-refractivity contribution in [2.45, 2.75) is 64.5 Å². The molecule has 0 spiro atoms. The predicted octanol–water partition coefficient (Wildman–Crippen LogP) is 1.29. The molecule has 0 aliphatic heterocycles. The average Bonchev–Trinajstić information content (AvgIpc) is 2.36. The molecule has 3 N–H and O–H groups in total. The van der Waals surface area contributed by atoms with Crippen LogP contribution in [0.25, 0.3) is 0 Å². The molecular formula is C16H29N2O+. The number of hydrogen-bond donors (Lipinski definition) is 2. The SMILES string of the molecule is CNC(=O)[C@H](C)[NH2+][C@@H](C)C12CC3CC(CC(C3)C1)C2. The average molecular weight is 265 g/mol. The zero-order valence-electron chi connectivity index (χ0n) is 12.6. The first kappa shape index (κ1) is 13.4. The number of quaternary nitrogens is 1. The van der Waals surface area contributed by atoms with Gasteiger partial charge in [0.25, 0.3) is 5.91 Å². The number of nitrogens with two attached hydrogens (primary N) is 1. The Morgan fingerprint density at radius 2 is 1.58 bits per heavy atom. The molecule has 4 fully saturated rings. The van der Waals surface area contributed by atoms with Crippen molar-refractivity contribution in [2.75, 3.05) is 7.05 Å². The van der Waals surface area contributed by atoms with Crippen LogP contribution in [0.5, 0.6) is 0 Å². The Hall–Kier alpha value is -0.570. The smallest absolute Gasteiger partial charge is 0.277 e. The minimum Gasteiger partial charge on any atom is -0.354 e. The van der Waals surface area contributed by atoms with Gasteiger partial charge in [-0.3, -0.25) is 4.79 Å². The van der Waals surface area contributed by atoms with E-state index < -0.39 is 0 Å². The van der Waals surface area contributed by atoms with Gasteiger partial charge in [-0.05, 0) is 70.1 Å². The van der Waals surface area contributed by atoms with Gasteiger partial charge in [-0.25, -0.2) is 0 Å². The van der Waals surface area contributed by atoms with Gasteiger partial charge in [-0.1, -0.05) is 0 Å². The van der Waals surface area contributed by atoms with Crippen LogP contribution in [-0.2, 0) is 4.79 Å². The third-order valence-corrected chi connectivity index (χ3v) is 6.29. The number of likely N-dealkylation sites (N-methyl/N-ethyl adjacent to an activating group) is 1. The van der Waals surface area contributed by atoms with E-state index in [1.54, 1.807) is 7.05 Å². The summed E-state index contributed by atoms with van der Waals surface area (Å²) in [7, 11) is 1.74. The molecule has 0 radical (unpaired) electrons. The van der Waals surface area contributed by atoms with Crippen molar-refractivity contribution in [3.8, 4) is 0 Å². The summed E-state index contributed by atoms with van der Waals surface area (Å²) >= 11 is 0. The summed E-state index contributed by atoms with van der Waals surface area (Å²) in [6.45, 7) is 4.41. The Balaban J connectivity index is 1.69. The van der Waals surface area contributed by atoms with E-state index in [9.17, 15) is 4.79 Å². The number of amides is 1. The van der Waals surface area contributed by atoms with E-state index in [4.69, 9.17) is 0 Å². The molecule has 0 aromatic carbocycles. The molecule has 3 nitrogen and oxygen atoms in total.